The lowest BCUT2D eigenvalue weighted by Crippen LogP contribution is -2.21. The van der Waals surface area contributed by atoms with Gasteiger partial charge in [-0.25, -0.2) is 4.68 Å². The lowest BCUT2D eigenvalue weighted by Gasteiger charge is -2.04. The minimum Gasteiger partial charge on any atom is -0.248 e. The van der Waals surface area contributed by atoms with E-state index in [0.717, 1.165) is 16.3 Å². The highest BCUT2D eigenvalue weighted by Gasteiger charge is 2.04. The standard InChI is InChI=1S/C16H13ClN4/c1-21-16(19-18-11-12-7-3-2-4-8-12)14-10-6-5-9-13(14)15(17)20-21/h2-11H,1H3/b18-11+,19-16+. The van der Waals surface area contributed by atoms with E-state index in [1.807, 2.05) is 54.6 Å². The molecule has 1 aromatic heterocycles. The Labute approximate surface area is 127 Å². The topological polar surface area (TPSA) is 42.5 Å². The van der Waals surface area contributed by atoms with Crippen LogP contribution in [0.5, 0.6) is 0 Å². The zero-order chi connectivity index (χ0) is 14.7. The number of nitrogens with zero attached hydrogens (tertiary/aromatic N) is 4. The predicted molar refractivity (Wildman–Crippen MR) is 85.3 cm³/mol. The zero-order valence-corrected chi connectivity index (χ0v) is 12.2. The predicted octanol–water partition coefficient (Wildman–Crippen LogP) is 3.16. The van der Waals surface area contributed by atoms with Crippen molar-refractivity contribution in [1.29, 1.82) is 0 Å². The van der Waals surface area contributed by atoms with E-state index in [0.29, 0.717) is 10.6 Å². The maximum absolute atomic E-state index is 6.15. The zero-order valence-electron chi connectivity index (χ0n) is 11.4. The number of hydrogen-bond donors (Lipinski definition) is 0. The van der Waals surface area contributed by atoms with Crippen LogP contribution in [0, 0.1) is 0 Å². The van der Waals surface area contributed by atoms with Gasteiger partial charge in [-0.3, -0.25) is 0 Å². The molecule has 0 amide bonds. The van der Waals surface area contributed by atoms with Crippen molar-refractivity contribution >= 4 is 28.6 Å². The van der Waals surface area contributed by atoms with Crippen molar-refractivity contribution in [3.05, 3.63) is 70.8 Å². The molecule has 3 aromatic rings. The Morgan fingerprint density at radius 1 is 1.00 bits per heavy atom. The molecule has 5 heteroatoms. The Kier molecular flexibility index (Phi) is 3.79. The molecule has 0 aliphatic heterocycles. The van der Waals surface area contributed by atoms with E-state index in [-0.39, 0.29) is 0 Å². The van der Waals surface area contributed by atoms with Gasteiger partial charge in [0.1, 0.15) is 0 Å². The van der Waals surface area contributed by atoms with Crippen LogP contribution in [-0.2, 0) is 7.05 Å². The highest BCUT2D eigenvalue weighted by atomic mass is 35.5. The SMILES string of the molecule is Cn1nc(Cl)c2ccccc2/c1=N\N=C\c1ccccc1. The molecule has 0 spiro atoms. The smallest absolute Gasteiger partial charge is 0.179 e. The molecule has 0 unspecified atom stereocenters. The van der Waals surface area contributed by atoms with Crippen molar-refractivity contribution in [2.45, 2.75) is 0 Å². The second kappa shape index (κ2) is 5.89. The molecule has 0 atom stereocenters. The summed E-state index contributed by atoms with van der Waals surface area (Å²) >= 11 is 6.15. The van der Waals surface area contributed by atoms with Crippen molar-refractivity contribution in [2.24, 2.45) is 17.3 Å². The van der Waals surface area contributed by atoms with Crippen LogP contribution in [0.25, 0.3) is 10.8 Å². The summed E-state index contributed by atoms with van der Waals surface area (Å²) in [6.45, 7) is 0. The molecule has 0 aliphatic carbocycles. The van der Waals surface area contributed by atoms with Crippen molar-refractivity contribution in [3.8, 4) is 0 Å². The molecule has 0 N–H and O–H groups in total. The van der Waals surface area contributed by atoms with E-state index in [2.05, 4.69) is 15.3 Å². The minimum absolute atomic E-state index is 0.457. The summed E-state index contributed by atoms with van der Waals surface area (Å²) in [4.78, 5) is 0. The number of fused-ring (bicyclic) bond motifs is 1. The van der Waals surface area contributed by atoms with Gasteiger partial charge in [-0.05, 0) is 5.56 Å². The third kappa shape index (κ3) is 2.85. The quantitative estimate of drug-likeness (QED) is 0.529. The summed E-state index contributed by atoms with van der Waals surface area (Å²) in [5.74, 6) is 0. The third-order valence-electron chi connectivity index (χ3n) is 3.09. The van der Waals surface area contributed by atoms with Gasteiger partial charge in [0.15, 0.2) is 10.6 Å². The number of aromatic nitrogens is 2. The molecule has 2 aromatic carbocycles. The van der Waals surface area contributed by atoms with E-state index in [4.69, 9.17) is 11.6 Å². The van der Waals surface area contributed by atoms with Crippen LogP contribution in [-0.4, -0.2) is 16.0 Å². The first-order chi connectivity index (χ1) is 10.3. The highest BCUT2D eigenvalue weighted by Crippen LogP contribution is 2.16. The minimum atomic E-state index is 0.457. The summed E-state index contributed by atoms with van der Waals surface area (Å²) in [5, 5.41) is 14.9. The third-order valence-corrected chi connectivity index (χ3v) is 3.37. The summed E-state index contributed by atoms with van der Waals surface area (Å²) < 4.78 is 1.63. The van der Waals surface area contributed by atoms with E-state index in [9.17, 15) is 0 Å². The van der Waals surface area contributed by atoms with Gasteiger partial charge >= 0.3 is 0 Å². The molecule has 21 heavy (non-hydrogen) atoms. The number of rotatable bonds is 2. The van der Waals surface area contributed by atoms with E-state index in [1.165, 1.54) is 0 Å². The normalized spacial score (nSPS) is 12.4. The molecular weight excluding hydrogens is 284 g/mol. The molecule has 104 valence electrons. The van der Waals surface area contributed by atoms with Crippen LogP contribution in [0.4, 0.5) is 0 Å². The molecule has 0 bridgehead atoms. The summed E-state index contributed by atoms with van der Waals surface area (Å²) in [5.41, 5.74) is 1.66. The Morgan fingerprint density at radius 3 is 2.43 bits per heavy atom. The lowest BCUT2D eigenvalue weighted by molar-refractivity contribution is 0.696. The second-order valence-corrected chi connectivity index (χ2v) is 4.90. The Balaban J connectivity index is 2.12. The molecule has 0 saturated carbocycles. The molecule has 0 fully saturated rings. The van der Waals surface area contributed by atoms with Gasteiger partial charge in [0, 0.05) is 17.8 Å². The largest absolute Gasteiger partial charge is 0.248 e. The first-order valence-corrected chi connectivity index (χ1v) is 6.87. The maximum atomic E-state index is 6.15. The molecule has 0 saturated heterocycles. The first kappa shape index (κ1) is 13.5. The summed E-state index contributed by atoms with van der Waals surface area (Å²) in [6, 6.07) is 17.6. The highest BCUT2D eigenvalue weighted by molar-refractivity contribution is 6.34. The lowest BCUT2D eigenvalue weighted by atomic mass is 10.2. The fraction of sp³-hybridized carbons (Fsp3) is 0.0625. The van der Waals surface area contributed by atoms with Gasteiger partial charge in [-0.1, -0.05) is 66.2 Å². The monoisotopic (exact) mass is 296 g/mol. The van der Waals surface area contributed by atoms with Crippen molar-refractivity contribution < 1.29 is 0 Å². The van der Waals surface area contributed by atoms with Gasteiger partial charge in [0.2, 0.25) is 0 Å². The van der Waals surface area contributed by atoms with Crippen molar-refractivity contribution in [2.75, 3.05) is 0 Å². The Bertz CT molecular complexity index is 866. The molecule has 1 heterocycles. The second-order valence-electron chi connectivity index (χ2n) is 4.54. The van der Waals surface area contributed by atoms with Crippen LogP contribution in [0.2, 0.25) is 5.15 Å². The van der Waals surface area contributed by atoms with E-state index >= 15 is 0 Å². The van der Waals surface area contributed by atoms with Gasteiger partial charge in [0.05, 0.1) is 6.21 Å². The van der Waals surface area contributed by atoms with Gasteiger partial charge in [0.25, 0.3) is 0 Å². The van der Waals surface area contributed by atoms with Gasteiger partial charge in [-0.15, -0.1) is 5.10 Å². The Morgan fingerprint density at radius 2 is 1.67 bits per heavy atom. The number of aryl methyl sites for hydroxylation is 1. The molecule has 4 nitrogen and oxygen atoms in total. The van der Waals surface area contributed by atoms with Crippen molar-refractivity contribution in [3.63, 3.8) is 0 Å². The summed E-state index contributed by atoms with van der Waals surface area (Å²) in [7, 11) is 1.80. The Hall–Kier alpha value is -2.46. The average molecular weight is 297 g/mol. The molecule has 3 rings (SSSR count). The van der Waals surface area contributed by atoms with Crippen molar-refractivity contribution in [1.82, 2.24) is 9.78 Å². The molecule has 0 radical (unpaired) electrons. The number of hydrogen-bond acceptors (Lipinski definition) is 3. The van der Waals surface area contributed by atoms with Crippen LogP contribution < -0.4 is 5.49 Å². The number of benzene rings is 2. The molecular formula is C16H13ClN4. The fourth-order valence-corrected chi connectivity index (χ4v) is 2.35. The van der Waals surface area contributed by atoms with Gasteiger partial charge in [-0.2, -0.15) is 10.2 Å². The van der Waals surface area contributed by atoms with Gasteiger partial charge < -0.3 is 0 Å². The first-order valence-electron chi connectivity index (χ1n) is 6.49. The average Bonchev–Trinajstić information content (AvgIpc) is 2.51. The number of halogens is 1. The summed E-state index contributed by atoms with van der Waals surface area (Å²) in [6.07, 6.45) is 1.71. The van der Waals surface area contributed by atoms with E-state index in [1.54, 1.807) is 17.9 Å². The van der Waals surface area contributed by atoms with E-state index < -0.39 is 0 Å². The van der Waals surface area contributed by atoms with Crippen LogP contribution in [0.15, 0.2) is 64.8 Å². The fourth-order valence-electron chi connectivity index (χ4n) is 2.07. The van der Waals surface area contributed by atoms with Crippen LogP contribution >= 0.6 is 11.6 Å². The maximum Gasteiger partial charge on any atom is 0.179 e. The van der Waals surface area contributed by atoms with Crippen LogP contribution in [0.3, 0.4) is 0 Å². The molecule has 0 aliphatic rings. The van der Waals surface area contributed by atoms with Crippen LogP contribution in [0.1, 0.15) is 5.56 Å².